The molecule has 7 nitrogen and oxygen atoms in total. The van der Waals surface area contributed by atoms with Crippen LogP contribution in [0.15, 0.2) is 87.7 Å². The highest BCUT2D eigenvalue weighted by Crippen LogP contribution is 2.18. The number of rotatable bonds is 7. The summed E-state index contributed by atoms with van der Waals surface area (Å²) in [6.07, 6.45) is 0. The molecule has 2 N–H and O–H groups in total. The van der Waals surface area contributed by atoms with Gasteiger partial charge in [-0.3, -0.25) is 4.72 Å². The maximum Gasteiger partial charge on any atom is 0.276 e. The third-order valence-electron chi connectivity index (χ3n) is 4.53. The molecule has 0 aliphatic heterocycles. The van der Waals surface area contributed by atoms with Gasteiger partial charge >= 0.3 is 0 Å². The van der Waals surface area contributed by atoms with E-state index in [1.807, 2.05) is 13.8 Å². The monoisotopic (exact) mass is 457 g/mol. The Hall–Kier alpha value is -3.17. The smallest absolute Gasteiger partial charge is 0.276 e. The topological polar surface area (TPSA) is 105 Å². The fraction of sp³-hybridized carbons (Fsp3) is 0.136. The number of hydrazone groups is 1. The van der Waals surface area contributed by atoms with Gasteiger partial charge in [-0.05, 0) is 62.7 Å². The summed E-state index contributed by atoms with van der Waals surface area (Å²) >= 11 is 0. The third kappa shape index (κ3) is 5.71. The summed E-state index contributed by atoms with van der Waals surface area (Å²) in [6, 6.07) is 19.5. The van der Waals surface area contributed by atoms with Crippen LogP contribution in [0.1, 0.15) is 23.6 Å². The van der Waals surface area contributed by atoms with Gasteiger partial charge in [0.1, 0.15) is 0 Å². The van der Waals surface area contributed by atoms with Crippen molar-refractivity contribution < 1.29 is 16.8 Å². The van der Waals surface area contributed by atoms with Gasteiger partial charge in [-0.2, -0.15) is 18.4 Å². The van der Waals surface area contributed by atoms with Gasteiger partial charge in [-0.15, -0.1) is 0 Å². The lowest BCUT2D eigenvalue weighted by Gasteiger charge is -2.10. The van der Waals surface area contributed by atoms with Gasteiger partial charge in [0.2, 0.25) is 0 Å². The molecule has 3 aromatic rings. The molecule has 0 bridgehead atoms. The Morgan fingerprint density at radius 1 is 0.742 bits per heavy atom. The van der Waals surface area contributed by atoms with Gasteiger partial charge in [0, 0.05) is 5.69 Å². The highest BCUT2D eigenvalue weighted by molar-refractivity contribution is 7.92. The third-order valence-corrected chi connectivity index (χ3v) is 7.15. The number of aryl methyl sites for hydroxylation is 2. The van der Waals surface area contributed by atoms with Gasteiger partial charge in [-0.25, -0.2) is 8.42 Å². The van der Waals surface area contributed by atoms with Crippen molar-refractivity contribution in [3.63, 3.8) is 0 Å². The predicted molar refractivity (Wildman–Crippen MR) is 122 cm³/mol. The van der Waals surface area contributed by atoms with Crippen LogP contribution in [0, 0.1) is 13.8 Å². The summed E-state index contributed by atoms with van der Waals surface area (Å²) < 4.78 is 52.5. The van der Waals surface area contributed by atoms with E-state index in [1.54, 1.807) is 55.5 Å². The van der Waals surface area contributed by atoms with Gasteiger partial charge in [0.25, 0.3) is 20.0 Å². The molecule has 0 heterocycles. The zero-order valence-electron chi connectivity index (χ0n) is 17.3. The number of nitrogens with zero attached hydrogens (tertiary/aromatic N) is 1. The number of benzene rings is 3. The molecule has 3 rings (SSSR count). The highest BCUT2D eigenvalue weighted by Gasteiger charge is 2.15. The first-order valence-corrected chi connectivity index (χ1v) is 12.4. The van der Waals surface area contributed by atoms with Crippen molar-refractivity contribution in [3.8, 4) is 0 Å². The standard InChI is InChI=1S/C22H23N3O4S2/c1-16-7-11-21(12-8-16)30(26,27)24-20-6-4-5-19(15-20)18(3)23-25-31(28,29)22-13-9-17(2)10-14-22/h4-15,24-25H,1-3H3/b23-18-. The Morgan fingerprint density at radius 2 is 1.26 bits per heavy atom. The first-order chi connectivity index (χ1) is 14.6. The molecule has 0 saturated carbocycles. The van der Waals surface area contributed by atoms with Crippen molar-refractivity contribution in [2.45, 2.75) is 30.6 Å². The molecule has 0 atom stereocenters. The van der Waals surface area contributed by atoms with E-state index in [0.29, 0.717) is 17.0 Å². The molecule has 3 aromatic carbocycles. The maximum absolute atomic E-state index is 12.6. The second-order valence-electron chi connectivity index (χ2n) is 7.10. The van der Waals surface area contributed by atoms with E-state index in [-0.39, 0.29) is 9.79 Å². The van der Waals surface area contributed by atoms with Crippen molar-refractivity contribution in [3.05, 3.63) is 89.5 Å². The fourth-order valence-corrected chi connectivity index (χ4v) is 4.61. The van der Waals surface area contributed by atoms with E-state index in [9.17, 15) is 16.8 Å². The molecule has 0 saturated heterocycles. The first kappa shape index (κ1) is 22.5. The normalized spacial score (nSPS) is 12.4. The van der Waals surface area contributed by atoms with Crippen molar-refractivity contribution in [1.82, 2.24) is 4.83 Å². The van der Waals surface area contributed by atoms with Crippen LogP contribution in [0.4, 0.5) is 5.69 Å². The van der Waals surface area contributed by atoms with Crippen molar-refractivity contribution >= 4 is 31.4 Å². The van der Waals surface area contributed by atoms with Crippen LogP contribution < -0.4 is 9.55 Å². The molecule has 9 heteroatoms. The zero-order valence-corrected chi connectivity index (χ0v) is 19.0. The first-order valence-electron chi connectivity index (χ1n) is 9.39. The van der Waals surface area contributed by atoms with Crippen LogP contribution in [0.3, 0.4) is 0 Å². The Labute approximate surface area is 182 Å². The van der Waals surface area contributed by atoms with E-state index < -0.39 is 20.0 Å². The highest BCUT2D eigenvalue weighted by atomic mass is 32.2. The van der Waals surface area contributed by atoms with E-state index >= 15 is 0 Å². The number of sulfonamides is 2. The lowest BCUT2D eigenvalue weighted by atomic mass is 10.1. The Kier molecular flexibility index (Phi) is 6.47. The average molecular weight is 458 g/mol. The van der Waals surface area contributed by atoms with E-state index in [2.05, 4.69) is 14.7 Å². The molecular formula is C22H23N3O4S2. The molecule has 0 spiro atoms. The lowest BCUT2D eigenvalue weighted by molar-refractivity contribution is 0.584. The van der Waals surface area contributed by atoms with E-state index in [0.717, 1.165) is 11.1 Å². The van der Waals surface area contributed by atoms with Gasteiger partial charge in [-0.1, -0.05) is 47.5 Å². The largest absolute Gasteiger partial charge is 0.280 e. The van der Waals surface area contributed by atoms with Crippen molar-refractivity contribution in [1.29, 1.82) is 0 Å². The van der Waals surface area contributed by atoms with Crippen LogP contribution in [-0.4, -0.2) is 22.5 Å². The minimum absolute atomic E-state index is 0.106. The molecule has 0 aliphatic rings. The minimum Gasteiger partial charge on any atom is -0.280 e. The summed E-state index contributed by atoms with van der Waals surface area (Å²) in [6.45, 7) is 5.37. The molecular weight excluding hydrogens is 434 g/mol. The predicted octanol–water partition coefficient (Wildman–Crippen LogP) is 3.81. The minimum atomic E-state index is -3.81. The molecule has 0 amide bonds. The molecule has 0 unspecified atom stereocenters. The van der Waals surface area contributed by atoms with Crippen LogP contribution in [0.2, 0.25) is 0 Å². The zero-order chi connectivity index (χ0) is 22.6. The van der Waals surface area contributed by atoms with E-state index in [1.165, 1.54) is 24.3 Å². The molecule has 0 fully saturated rings. The van der Waals surface area contributed by atoms with Crippen LogP contribution in [0.5, 0.6) is 0 Å². The van der Waals surface area contributed by atoms with Crippen molar-refractivity contribution in [2.75, 3.05) is 4.72 Å². The molecule has 0 aromatic heterocycles. The molecule has 162 valence electrons. The Bertz CT molecular complexity index is 1310. The van der Waals surface area contributed by atoms with Crippen molar-refractivity contribution in [2.24, 2.45) is 5.10 Å². The van der Waals surface area contributed by atoms with Gasteiger partial charge in [0.15, 0.2) is 0 Å². The summed E-state index contributed by atoms with van der Waals surface area (Å²) in [5.41, 5.74) is 3.20. The van der Waals surface area contributed by atoms with Gasteiger partial charge in [0.05, 0.1) is 15.5 Å². The van der Waals surface area contributed by atoms with E-state index in [4.69, 9.17) is 0 Å². The molecule has 0 radical (unpaired) electrons. The molecule has 0 aliphatic carbocycles. The summed E-state index contributed by atoms with van der Waals surface area (Å²) in [4.78, 5) is 2.47. The Morgan fingerprint density at radius 3 is 1.81 bits per heavy atom. The van der Waals surface area contributed by atoms with Crippen LogP contribution in [-0.2, 0) is 20.0 Å². The number of nitrogens with one attached hydrogen (secondary N) is 2. The summed E-state index contributed by atoms with van der Waals surface area (Å²) in [5, 5.41) is 3.97. The quantitative estimate of drug-likeness (QED) is 0.416. The second kappa shape index (κ2) is 8.91. The maximum atomic E-state index is 12.6. The second-order valence-corrected chi connectivity index (χ2v) is 10.4. The molecule has 31 heavy (non-hydrogen) atoms. The summed E-state index contributed by atoms with van der Waals surface area (Å²) in [7, 11) is -7.56. The van der Waals surface area contributed by atoms with Crippen LogP contribution >= 0.6 is 0 Å². The number of hydrogen-bond acceptors (Lipinski definition) is 5. The SMILES string of the molecule is C/C(=N/NS(=O)(=O)c1ccc(C)cc1)c1cccc(NS(=O)(=O)c2ccc(C)cc2)c1. The van der Waals surface area contributed by atoms with Crippen LogP contribution in [0.25, 0.3) is 0 Å². The fourth-order valence-electron chi connectivity index (χ4n) is 2.70. The van der Waals surface area contributed by atoms with Gasteiger partial charge < -0.3 is 0 Å². The number of hydrogen-bond donors (Lipinski definition) is 2. The lowest BCUT2D eigenvalue weighted by Crippen LogP contribution is -2.20. The number of anilines is 1. The Balaban J connectivity index is 1.78. The average Bonchev–Trinajstić information content (AvgIpc) is 2.72. The summed E-state index contributed by atoms with van der Waals surface area (Å²) in [5.74, 6) is 0.